The van der Waals surface area contributed by atoms with Crippen LogP contribution in [0.4, 0.5) is 10.1 Å². The molecule has 0 aromatic heterocycles. The molecule has 0 bridgehead atoms. The van der Waals surface area contributed by atoms with E-state index in [1.54, 1.807) is 19.1 Å². The van der Waals surface area contributed by atoms with Gasteiger partial charge in [0, 0.05) is 5.69 Å². The highest BCUT2D eigenvalue weighted by molar-refractivity contribution is 5.84. The third kappa shape index (κ3) is 3.21. The Kier molecular flexibility index (Phi) is 3.98. The molecule has 21 heavy (non-hydrogen) atoms. The van der Waals surface area contributed by atoms with E-state index < -0.39 is 17.3 Å². The molecule has 0 heterocycles. The van der Waals surface area contributed by atoms with Crippen LogP contribution < -0.4 is 5.32 Å². The van der Waals surface area contributed by atoms with Crippen LogP contribution >= 0.6 is 0 Å². The van der Waals surface area contributed by atoms with Crippen molar-refractivity contribution in [3.8, 4) is 0 Å². The Bertz CT molecular complexity index is 664. The van der Waals surface area contributed by atoms with Gasteiger partial charge < -0.3 is 10.4 Å². The van der Waals surface area contributed by atoms with Gasteiger partial charge in [-0.15, -0.1) is 0 Å². The zero-order valence-electron chi connectivity index (χ0n) is 12.3. The lowest BCUT2D eigenvalue weighted by atomic mass is 9.89. The summed E-state index contributed by atoms with van der Waals surface area (Å²) in [4.78, 5) is 11.8. The van der Waals surface area contributed by atoms with Gasteiger partial charge in [-0.3, -0.25) is 0 Å². The van der Waals surface area contributed by atoms with Gasteiger partial charge in [0.05, 0.1) is 0 Å². The fraction of sp³-hybridized carbons (Fsp3) is 0.235. The highest BCUT2D eigenvalue weighted by Crippen LogP contribution is 2.28. The van der Waals surface area contributed by atoms with Crippen molar-refractivity contribution in [2.45, 2.75) is 26.3 Å². The monoisotopic (exact) mass is 287 g/mol. The Labute approximate surface area is 123 Å². The maximum Gasteiger partial charge on any atom is 0.333 e. The number of carboxylic acid groups (broad SMARTS) is 1. The maximum atomic E-state index is 13.3. The minimum Gasteiger partial charge on any atom is -0.479 e. The lowest BCUT2D eigenvalue weighted by Crippen LogP contribution is -2.40. The minimum absolute atomic E-state index is 0.409. The predicted octanol–water partition coefficient (Wildman–Crippen LogP) is 3.85. The van der Waals surface area contributed by atoms with E-state index in [2.05, 4.69) is 5.32 Å². The van der Waals surface area contributed by atoms with Gasteiger partial charge in [0.25, 0.3) is 0 Å². The number of aryl methyl sites for hydroxylation is 2. The van der Waals surface area contributed by atoms with Crippen LogP contribution in [0.25, 0.3) is 0 Å². The molecule has 0 aliphatic rings. The average Bonchev–Trinajstić information content (AvgIpc) is 2.37. The summed E-state index contributed by atoms with van der Waals surface area (Å²) in [5.74, 6) is -1.43. The molecule has 0 saturated heterocycles. The van der Waals surface area contributed by atoms with Crippen LogP contribution in [0.15, 0.2) is 42.5 Å². The maximum absolute atomic E-state index is 13.3. The molecule has 2 N–H and O–H groups in total. The summed E-state index contributed by atoms with van der Waals surface area (Å²) in [6.07, 6.45) is 0. The van der Waals surface area contributed by atoms with Gasteiger partial charge >= 0.3 is 5.97 Å². The van der Waals surface area contributed by atoms with Crippen molar-refractivity contribution in [2.75, 3.05) is 5.32 Å². The third-order valence-corrected chi connectivity index (χ3v) is 3.45. The fourth-order valence-electron chi connectivity index (χ4n) is 2.37. The van der Waals surface area contributed by atoms with Crippen molar-refractivity contribution in [1.82, 2.24) is 0 Å². The van der Waals surface area contributed by atoms with Gasteiger partial charge in [0.1, 0.15) is 5.82 Å². The van der Waals surface area contributed by atoms with Crippen LogP contribution in [-0.2, 0) is 10.3 Å². The van der Waals surface area contributed by atoms with Crippen molar-refractivity contribution in [1.29, 1.82) is 0 Å². The van der Waals surface area contributed by atoms with Gasteiger partial charge in [-0.1, -0.05) is 35.4 Å². The second kappa shape index (κ2) is 5.56. The van der Waals surface area contributed by atoms with Crippen LogP contribution in [0.3, 0.4) is 0 Å². The number of carboxylic acids is 1. The number of halogens is 1. The number of rotatable bonds is 4. The van der Waals surface area contributed by atoms with Gasteiger partial charge in [0.15, 0.2) is 5.54 Å². The molecule has 0 aliphatic heterocycles. The molecular weight excluding hydrogens is 269 g/mol. The average molecular weight is 287 g/mol. The van der Waals surface area contributed by atoms with E-state index in [1.165, 1.54) is 12.1 Å². The van der Waals surface area contributed by atoms with Crippen molar-refractivity contribution >= 4 is 11.7 Å². The molecular formula is C17H18FNO2. The number of aliphatic carboxylic acids is 1. The summed E-state index contributed by atoms with van der Waals surface area (Å²) in [6.45, 7) is 5.41. The molecule has 0 amide bonds. The minimum atomic E-state index is -1.33. The smallest absolute Gasteiger partial charge is 0.333 e. The van der Waals surface area contributed by atoms with Crippen molar-refractivity contribution in [3.05, 3.63) is 65.0 Å². The Morgan fingerprint density at radius 3 is 2.29 bits per heavy atom. The first-order valence-electron chi connectivity index (χ1n) is 6.67. The van der Waals surface area contributed by atoms with E-state index >= 15 is 0 Å². The van der Waals surface area contributed by atoms with Gasteiger partial charge in [0.2, 0.25) is 0 Å². The Balaban J connectivity index is 2.47. The van der Waals surface area contributed by atoms with E-state index in [0.29, 0.717) is 11.3 Å². The van der Waals surface area contributed by atoms with E-state index in [1.807, 2.05) is 32.0 Å². The Morgan fingerprint density at radius 1 is 1.14 bits per heavy atom. The van der Waals surface area contributed by atoms with Crippen molar-refractivity contribution in [2.24, 2.45) is 0 Å². The van der Waals surface area contributed by atoms with Crippen molar-refractivity contribution < 1.29 is 14.3 Å². The van der Waals surface area contributed by atoms with Crippen LogP contribution in [0.5, 0.6) is 0 Å². The molecule has 0 saturated carbocycles. The van der Waals surface area contributed by atoms with Crippen molar-refractivity contribution in [3.63, 3.8) is 0 Å². The molecule has 2 aromatic rings. The summed E-state index contributed by atoms with van der Waals surface area (Å²) in [7, 11) is 0. The first-order chi connectivity index (χ1) is 9.81. The fourth-order valence-corrected chi connectivity index (χ4v) is 2.37. The molecule has 1 atom stereocenters. The van der Waals surface area contributed by atoms with Gasteiger partial charge in [-0.2, -0.15) is 0 Å². The lowest BCUT2D eigenvalue weighted by Gasteiger charge is -2.28. The van der Waals surface area contributed by atoms with Crippen LogP contribution in [0.2, 0.25) is 0 Å². The second-order valence-corrected chi connectivity index (χ2v) is 5.44. The molecule has 2 aromatic carbocycles. The molecule has 0 fully saturated rings. The number of nitrogens with one attached hydrogen (secondary N) is 1. The van der Waals surface area contributed by atoms with Crippen LogP contribution in [0.1, 0.15) is 23.6 Å². The molecule has 0 spiro atoms. The standard InChI is InChI=1S/C17H18FNO2/c1-11-7-12(2)9-13(8-11)17(3,16(20)21)19-15-6-4-5-14(18)10-15/h4-10,19H,1-3H3,(H,20,21). The normalized spacial score (nSPS) is 13.5. The molecule has 0 aliphatic carbocycles. The first kappa shape index (κ1) is 15.0. The quantitative estimate of drug-likeness (QED) is 0.898. The molecule has 2 rings (SSSR count). The number of carbonyl (C=O) groups is 1. The molecule has 3 nitrogen and oxygen atoms in total. The number of benzene rings is 2. The number of hydrogen-bond donors (Lipinski definition) is 2. The van der Waals surface area contributed by atoms with Gasteiger partial charge in [-0.05, 0) is 44.5 Å². The summed E-state index contributed by atoms with van der Waals surface area (Å²) in [5, 5.41) is 12.6. The summed E-state index contributed by atoms with van der Waals surface area (Å²) >= 11 is 0. The predicted molar refractivity (Wildman–Crippen MR) is 80.9 cm³/mol. The highest BCUT2D eigenvalue weighted by atomic mass is 19.1. The van der Waals surface area contributed by atoms with E-state index in [-0.39, 0.29) is 0 Å². The van der Waals surface area contributed by atoms with Crippen LogP contribution in [-0.4, -0.2) is 11.1 Å². The largest absolute Gasteiger partial charge is 0.479 e. The molecule has 4 heteroatoms. The lowest BCUT2D eigenvalue weighted by molar-refractivity contribution is -0.142. The first-order valence-corrected chi connectivity index (χ1v) is 6.67. The molecule has 1 unspecified atom stereocenters. The van der Waals surface area contributed by atoms with Gasteiger partial charge in [-0.25, -0.2) is 9.18 Å². The number of anilines is 1. The Morgan fingerprint density at radius 2 is 1.76 bits per heavy atom. The zero-order chi connectivity index (χ0) is 15.6. The SMILES string of the molecule is Cc1cc(C)cc(C(C)(Nc2cccc(F)c2)C(=O)O)c1. The number of hydrogen-bond acceptors (Lipinski definition) is 2. The summed E-state index contributed by atoms with van der Waals surface area (Å²) in [5.41, 5.74) is 1.71. The zero-order valence-corrected chi connectivity index (χ0v) is 12.3. The summed E-state index contributed by atoms with van der Waals surface area (Å²) < 4.78 is 13.3. The molecule has 0 radical (unpaired) electrons. The molecule has 110 valence electrons. The topological polar surface area (TPSA) is 49.3 Å². The van der Waals surface area contributed by atoms with Crippen LogP contribution in [0, 0.1) is 19.7 Å². The van der Waals surface area contributed by atoms with E-state index in [9.17, 15) is 14.3 Å². The van der Waals surface area contributed by atoms with E-state index in [0.717, 1.165) is 11.1 Å². The Hall–Kier alpha value is -2.36. The summed E-state index contributed by atoms with van der Waals surface area (Å²) in [6, 6.07) is 11.4. The highest BCUT2D eigenvalue weighted by Gasteiger charge is 2.35. The second-order valence-electron chi connectivity index (χ2n) is 5.44. The van der Waals surface area contributed by atoms with E-state index in [4.69, 9.17) is 0 Å². The third-order valence-electron chi connectivity index (χ3n) is 3.45.